The summed E-state index contributed by atoms with van der Waals surface area (Å²) in [6, 6.07) is 9.03. The van der Waals surface area contributed by atoms with Crippen molar-refractivity contribution in [3.8, 4) is 0 Å². The van der Waals surface area contributed by atoms with E-state index in [2.05, 4.69) is 41.6 Å². The van der Waals surface area contributed by atoms with Crippen LogP contribution in [0.3, 0.4) is 0 Å². The van der Waals surface area contributed by atoms with Crippen LogP contribution < -0.4 is 16.1 Å². The van der Waals surface area contributed by atoms with E-state index in [0.29, 0.717) is 11.2 Å². The Labute approximate surface area is 137 Å². The lowest BCUT2D eigenvalue weighted by Gasteiger charge is -2.21. The minimum absolute atomic E-state index is 0.567. The second kappa shape index (κ2) is 7.38. The SMILES string of the molecule is C[C@@H](CC1CCCC1)NCc1ccccc1N1CSC(N)=N1. The molecular formula is C17H26N4S. The van der Waals surface area contributed by atoms with Crippen molar-refractivity contribution in [1.29, 1.82) is 0 Å². The highest BCUT2D eigenvalue weighted by atomic mass is 32.2. The molecule has 0 saturated heterocycles. The minimum Gasteiger partial charge on any atom is -0.377 e. The van der Waals surface area contributed by atoms with Crippen LogP contribution in [0, 0.1) is 5.92 Å². The van der Waals surface area contributed by atoms with E-state index in [-0.39, 0.29) is 0 Å². The van der Waals surface area contributed by atoms with Gasteiger partial charge in [0.1, 0.15) is 0 Å². The highest BCUT2D eigenvalue weighted by Crippen LogP contribution is 2.29. The number of amidine groups is 1. The van der Waals surface area contributed by atoms with Gasteiger partial charge in [-0.3, -0.25) is 5.01 Å². The summed E-state index contributed by atoms with van der Waals surface area (Å²) in [5, 5.41) is 10.7. The van der Waals surface area contributed by atoms with Crippen LogP contribution in [0.4, 0.5) is 5.69 Å². The Kier molecular flexibility index (Phi) is 5.26. The standard InChI is InChI=1S/C17H26N4S/c1-13(10-14-6-2-3-7-14)19-11-15-8-4-5-9-16(15)21-12-22-17(18)20-21/h4-5,8-9,13-14,19H,2-3,6-7,10-12H2,1H3,(H2,18,20)/t13-/m0/s1. The Bertz CT molecular complexity index is 525. The molecule has 3 N–H and O–H groups in total. The third-order valence-corrected chi connectivity index (χ3v) is 5.38. The number of nitrogens with one attached hydrogen (secondary N) is 1. The van der Waals surface area contributed by atoms with Crippen LogP contribution in [0.15, 0.2) is 29.4 Å². The fourth-order valence-electron chi connectivity index (χ4n) is 3.45. The van der Waals surface area contributed by atoms with E-state index in [4.69, 9.17) is 5.73 Å². The van der Waals surface area contributed by atoms with E-state index in [0.717, 1.165) is 24.0 Å². The molecule has 1 saturated carbocycles. The first kappa shape index (κ1) is 15.7. The molecule has 1 heterocycles. The summed E-state index contributed by atoms with van der Waals surface area (Å²) >= 11 is 1.59. The van der Waals surface area contributed by atoms with Gasteiger partial charge in [-0.15, -0.1) is 5.10 Å². The van der Waals surface area contributed by atoms with Gasteiger partial charge in [0.05, 0.1) is 11.6 Å². The summed E-state index contributed by atoms with van der Waals surface area (Å²) in [6.07, 6.45) is 6.98. The molecule has 0 amide bonds. The maximum atomic E-state index is 5.78. The van der Waals surface area contributed by atoms with Crippen molar-refractivity contribution in [3.63, 3.8) is 0 Å². The first-order valence-corrected chi connectivity index (χ1v) is 9.26. The van der Waals surface area contributed by atoms with Crippen LogP contribution >= 0.6 is 11.8 Å². The summed E-state index contributed by atoms with van der Waals surface area (Å²) in [6.45, 7) is 3.20. The second-order valence-electron chi connectivity index (χ2n) is 6.41. The van der Waals surface area contributed by atoms with E-state index in [1.165, 1.54) is 37.7 Å². The Morgan fingerprint density at radius 2 is 2.14 bits per heavy atom. The highest BCUT2D eigenvalue weighted by Gasteiger charge is 2.19. The Morgan fingerprint density at radius 1 is 1.36 bits per heavy atom. The predicted molar refractivity (Wildman–Crippen MR) is 95.9 cm³/mol. The smallest absolute Gasteiger partial charge is 0.180 e. The molecule has 22 heavy (non-hydrogen) atoms. The summed E-state index contributed by atoms with van der Waals surface area (Å²) in [7, 11) is 0. The van der Waals surface area contributed by atoms with Crippen molar-refractivity contribution < 1.29 is 0 Å². The van der Waals surface area contributed by atoms with Crippen molar-refractivity contribution in [2.45, 2.75) is 51.6 Å². The van der Waals surface area contributed by atoms with Gasteiger partial charge in [0.2, 0.25) is 0 Å². The lowest BCUT2D eigenvalue weighted by atomic mass is 9.99. The molecule has 0 bridgehead atoms. The molecule has 0 radical (unpaired) electrons. The number of rotatable bonds is 6. The quantitative estimate of drug-likeness (QED) is 0.843. The predicted octanol–water partition coefficient (Wildman–Crippen LogP) is 3.49. The average molecular weight is 318 g/mol. The molecule has 0 aromatic heterocycles. The van der Waals surface area contributed by atoms with Crippen molar-refractivity contribution in [1.82, 2.24) is 5.32 Å². The molecule has 120 valence electrons. The monoisotopic (exact) mass is 318 g/mol. The van der Waals surface area contributed by atoms with Crippen molar-refractivity contribution in [2.24, 2.45) is 16.8 Å². The molecule has 1 aliphatic heterocycles. The van der Waals surface area contributed by atoms with Crippen molar-refractivity contribution in [3.05, 3.63) is 29.8 Å². The van der Waals surface area contributed by atoms with Gasteiger partial charge in [0.25, 0.3) is 0 Å². The van der Waals surface area contributed by atoms with Gasteiger partial charge in [-0.1, -0.05) is 55.6 Å². The zero-order valence-corrected chi connectivity index (χ0v) is 14.1. The maximum Gasteiger partial charge on any atom is 0.180 e. The highest BCUT2D eigenvalue weighted by molar-refractivity contribution is 8.14. The number of hydrogen-bond acceptors (Lipinski definition) is 5. The molecule has 3 rings (SSSR count). The number of benzene rings is 1. The maximum absolute atomic E-state index is 5.78. The summed E-state index contributed by atoms with van der Waals surface area (Å²) in [5.41, 5.74) is 8.24. The lowest BCUT2D eigenvalue weighted by molar-refractivity contribution is 0.404. The third-order valence-electron chi connectivity index (χ3n) is 4.63. The molecule has 1 aromatic carbocycles. The van der Waals surface area contributed by atoms with Gasteiger partial charge in [-0.05, 0) is 30.9 Å². The van der Waals surface area contributed by atoms with E-state index in [9.17, 15) is 0 Å². The molecule has 1 fully saturated rings. The van der Waals surface area contributed by atoms with E-state index >= 15 is 0 Å². The van der Waals surface area contributed by atoms with Gasteiger partial charge < -0.3 is 11.1 Å². The van der Waals surface area contributed by atoms with Gasteiger partial charge in [0.15, 0.2) is 5.17 Å². The van der Waals surface area contributed by atoms with Crippen LogP contribution in [0.25, 0.3) is 0 Å². The van der Waals surface area contributed by atoms with Gasteiger partial charge in [0, 0.05) is 12.6 Å². The van der Waals surface area contributed by atoms with Gasteiger partial charge in [-0.2, -0.15) is 0 Å². The van der Waals surface area contributed by atoms with Crippen LogP contribution in [0.2, 0.25) is 0 Å². The fraction of sp³-hybridized carbons (Fsp3) is 0.588. The molecule has 2 aliphatic rings. The van der Waals surface area contributed by atoms with E-state index < -0.39 is 0 Å². The number of hydrazone groups is 1. The third kappa shape index (κ3) is 3.96. The number of nitrogens with two attached hydrogens (primary N) is 1. The minimum atomic E-state index is 0.567. The number of nitrogens with zero attached hydrogens (tertiary/aromatic N) is 2. The molecule has 1 aliphatic carbocycles. The normalized spacial score (nSPS) is 20.4. The molecule has 5 heteroatoms. The molecule has 4 nitrogen and oxygen atoms in total. The Balaban J connectivity index is 1.58. The topological polar surface area (TPSA) is 53.6 Å². The number of anilines is 1. The van der Waals surface area contributed by atoms with Crippen LogP contribution in [-0.4, -0.2) is 17.1 Å². The van der Waals surface area contributed by atoms with E-state index in [1.807, 2.05) is 5.01 Å². The van der Waals surface area contributed by atoms with Crippen LogP contribution in [-0.2, 0) is 6.54 Å². The van der Waals surface area contributed by atoms with E-state index in [1.54, 1.807) is 11.8 Å². The van der Waals surface area contributed by atoms with Gasteiger partial charge in [-0.25, -0.2) is 0 Å². The summed E-state index contributed by atoms with van der Waals surface area (Å²) in [5.74, 6) is 1.73. The number of para-hydroxylation sites is 1. The first-order chi connectivity index (χ1) is 10.7. The van der Waals surface area contributed by atoms with Crippen molar-refractivity contribution >= 4 is 22.6 Å². The van der Waals surface area contributed by atoms with Crippen molar-refractivity contribution in [2.75, 3.05) is 10.9 Å². The summed E-state index contributed by atoms with van der Waals surface area (Å²) < 4.78 is 0. The Morgan fingerprint density at radius 3 is 2.86 bits per heavy atom. The first-order valence-electron chi connectivity index (χ1n) is 8.28. The largest absolute Gasteiger partial charge is 0.377 e. The fourth-order valence-corrected chi connectivity index (χ4v) is 4.06. The number of thioether (sulfide) groups is 1. The lowest BCUT2D eigenvalue weighted by Crippen LogP contribution is -2.28. The Hall–Kier alpha value is -1.20. The molecule has 0 spiro atoms. The zero-order valence-electron chi connectivity index (χ0n) is 13.3. The number of hydrogen-bond donors (Lipinski definition) is 2. The molecule has 1 atom stereocenters. The second-order valence-corrected chi connectivity index (χ2v) is 7.37. The average Bonchev–Trinajstić information content (AvgIpc) is 3.17. The summed E-state index contributed by atoms with van der Waals surface area (Å²) in [4.78, 5) is 0. The zero-order chi connectivity index (χ0) is 15.4. The van der Waals surface area contributed by atoms with Gasteiger partial charge >= 0.3 is 0 Å². The van der Waals surface area contributed by atoms with Crippen LogP contribution in [0.1, 0.15) is 44.6 Å². The van der Waals surface area contributed by atoms with Crippen LogP contribution in [0.5, 0.6) is 0 Å². The molecule has 0 unspecified atom stereocenters. The molecule has 1 aromatic rings. The molecular weight excluding hydrogens is 292 g/mol.